The van der Waals surface area contributed by atoms with E-state index in [0.29, 0.717) is 5.69 Å². The summed E-state index contributed by atoms with van der Waals surface area (Å²) < 4.78 is 32.6. The highest BCUT2D eigenvalue weighted by molar-refractivity contribution is 7.92. The lowest BCUT2D eigenvalue weighted by Gasteiger charge is -2.13. The zero-order chi connectivity index (χ0) is 21.6. The summed E-state index contributed by atoms with van der Waals surface area (Å²) in [7, 11) is -2.61. The van der Waals surface area contributed by atoms with Gasteiger partial charge in [-0.1, -0.05) is 18.2 Å². The third kappa shape index (κ3) is 6.04. The van der Waals surface area contributed by atoms with E-state index in [-0.39, 0.29) is 10.5 Å². The molecule has 1 atom stereocenters. The Hall–Kier alpha value is -3.40. The molecule has 2 rings (SSSR count). The second-order valence-corrected chi connectivity index (χ2v) is 7.80. The Labute approximate surface area is 168 Å². The molecule has 3 N–H and O–H groups in total. The summed E-state index contributed by atoms with van der Waals surface area (Å²) in [6.07, 6.45) is -1.26. The molecule has 0 aromatic heterocycles. The summed E-state index contributed by atoms with van der Waals surface area (Å²) in [5.74, 6) is -1.72. The average Bonchev–Trinajstić information content (AvgIpc) is 2.67. The van der Waals surface area contributed by atoms with E-state index in [0.717, 1.165) is 11.6 Å². The quantitative estimate of drug-likeness (QED) is 0.612. The van der Waals surface area contributed by atoms with E-state index < -0.39 is 34.0 Å². The Balaban J connectivity index is 2.14. The minimum Gasteiger partial charge on any atom is -0.449 e. The molecule has 0 aliphatic carbocycles. The molecule has 9 nitrogen and oxygen atoms in total. The topological polar surface area (TPSA) is 131 Å². The monoisotopic (exact) mass is 419 g/mol. The zero-order valence-corrected chi connectivity index (χ0v) is 16.9. The molecule has 0 saturated carbocycles. The highest BCUT2D eigenvalue weighted by Gasteiger charge is 2.22. The molecule has 29 heavy (non-hydrogen) atoms. The molecule has 0 unspecified atom stereocenters. The first-order valence-electron chi connectivity index (χ1n) is 8.55. The second kappa shape index (κ2) is 9.20. The molecule has 0 saturated heterocycles. The molecule has 0 radical (unpaired) electrons. The van der Waals surface area contributed by atoms with Gasteiger partial charge >= 0.3 is 12.0 Å². The summed E-state index contributed by atoms with van der Waals surface area (Å²) in [5, 5.41) is 4.18. The number of hydrogen-bond donors (Lipinski definition) is 3. The summed E-state index contributed by atoms with van der Waals surface area (Å²) in [6, 6.07) is 11.3. The molecule has 3 amide bonds. The average molecular weight is 419 g/mol. The van der Waals surface area contributed by atoms with Crippen LogP contribution in [0.1, 0.15) is 22.8 Å². The van der Waals surface area contributed by atoms with Crippen molar-refractivity contribution in [2.45, 2.75) is 24.8 Å². The lowest BCUT2D eigenvalue weighted by atomic mass is 10.2. The number of carbonyl (C=O) groups excluding carboxylic acids is 3. The van der Waals surface area contributed by atoms with Crippen molar-refractivity contribution in [3.8, 4) is 0 Å². The van der Waals surface area contributed by atoms with E-state index in [1.54, 1.807) is 18.2 Å². The van der Waals surface area contributed by atoms with Crippen LogP contribution in [0.5, 0.6) is 0 Å². The van der Waals surface area contributed by atoms with Crippen LogP contribution >= 0.6 is 0 Å². The van der Waals surface area contributed by atoms with Gasteiger partial charge in [0, 0.05) is 12.7 Å². The maximum absolute atomic E-state index is 12.6. The number of esters is 1. The molecule has 0 aliphatic rings. The molecule has 0 heterocycles. The van der Waals surface area contributed by atoms with E-state index in [4.69, 9.17) is 4.74 Å². The first-order chi connectivity index (χ1) is 13.6. The van der Waals surface area contributed by atoms with Crippen LogP contribution in [-0.4, -0.2) is 39.5 Å². The Morgan fingerprint density at radius 3 is 2.38 bits per heavy atom. The van der Waals surface area contributed by atoms with Crippen LogP contribution in [0.4, 0.5) is 10.5 Å². The molecule has 0 fully saturated rings. The minimum absolute atomic E-state index is 0.0586. The van der Waals surface area contributed by atoms with Gasteiger partial charge in [-0.05, 0) is 49.7 Å². The number of hydrogen-bond acceptors (Lipinski definition) is 6. The first kappa shape index (κ1) is 21.9. The highest BCUT2D eigenvalue weighted by Crippen LogP contribution is 2.18. The molecule has 10 heteroatoms. The molecule has 2 aromatic carbocycles. The van der Waals surface area contributed by atoms with Gasteiger partial charge in [0.2, 0.25) is 0 Å². The minimum atomic E-state index is -3.94. The predicted molar refractivity (Wildman–Crippen MR) is 106 cm³/mol. The van der Waals surface area contributed by atoms with Gasteiger partial charge in [-0.15, -0.1) is 0 Å². The standard InChI is InChI=1S/C19H21N3O6S/c1-12-6-4-8-15(10-12)22-29(26,27)16-9-5-7-14(11-16)18(24)28-13(2)17(23)21-19(25)20-3/h4-11,13,22H,1-3H3,(H2,20,21,23,25)/t13-/m1/s1. The van der Waals surface area contributed by atoms with Crippen molar-refractivity contribution in [3.05, 3.63) is 59.7 Å². The number of sulfonamides is 1. The van der Waals surface area contributed by atoms with E-state index in [1.807, 2.05) is 18.3 Å². The number of nitrogens with one attached hydrogen (secondary N) is 3. The SMILES string of the molecule is CNC(=O)NC(=O)[C@@H](C)OC(=O)c1cccc(S(=O)(=O)Nc2cccc(C)c2)c1. The predicted octanol–water partition coefficient (Wildman–Crippen LogP) is 1.80. The fraction of sp³-hybridized carbons (Fsp3) is 0.211. The number of imide groups is 1. The maximum atomic E-state index is 12.6. The largest absolute Gasteiger partial charge is 0.449 e. The van der Waals surface area contributed by atoms with Gasteiger partial charge in [0.15, 0.2) is 6.10 Å². The summed E-state index contributed by atoms with van der Waals surface area (Å²) in [4.78, 5) is 35.1. The van der Waals surface area contributed by atoms with Crippen LogP contribution in [0.25, 0.3) is 0 Å². The van der Waals surface area contributed by atoms with Crippen molar-refractivity contribution in [2.75, 3.05) is 11.8 Å². The van der Waals surface area contributed by atoms with Crippen LogP contribution in [0.2, 0.25) is 0 Å². The van der Waals surface area contributed by atoms with Gasteiger partial charge in [-0.25, -0.2) is 18.0 Å². The Morgan fingerprint density at radius 2 is 1.72 bits per heavy atom. The van der Waals surface area contributed by atoms with Crippen molar-refractivity contribution >= 4 is 33.6 Å². The van der Waals surface area contributed by atoms with Crippen LogP contribution in [0.3, 0.4) is 0 Å². The fourth-order valence-corrected chi connectivity index (χ4v) is 3.37. The van der Waals surface area contributed by atoms with E-state index in [9.17, 15) is 22.8 Å². The van der Waals surface area contributed by atoms with E-state index in [1.165, 1.54) is 32.2 Å². The van der Waals surface area contributed by atoms with Crippen molar-refractivity contribution in [3.63, 3.8) is 0 Å². The van der Waals surface area contributed by atoms with Crippen LogP contribution in [0.15, 0.2) is 53.4 Å². The third-order valence-electron chi connectivity index (χ3n) is 3.77. The molecule has 154 valence electrons. The summed E-state index contributed by atoms with van der Waals surface area (Å²) in [5.41, 5.74) is 1.21. The molecule has 2 aromatic rings. The van der Waals surface area contributed by atoms with Gasteiger partial charge in [0.25, 0.3) is 15.9 Å². The number of benzene rings is 2. The normalized spacial score (nSPS) is 11.8. The lowest BCUT2D eigenvalue weighted by molar-refractivity contribution is -0.127. The first-order valence-corrected chi connectivity index (χ1v) is 10.0. The number of urea groups is 1. The molecule has 0 spiro atoms. The Bertz CT molecular complexity index is 1040. The van der Waals surface area contributed by atoms with Gasteiger partial charge in [0.05, 0.1) is 10.5 Å². The molecular weight excluding hydrogens is 398 g/mol. The zero-order valence-electron chi connectivity index (χ0n) is 16.1. The number of aryl methyl sites for hydroxylation is 1. The number of anilines is 1. The lowest BCUT2D eigenvalue weighted by Crippen LogP contribution is -2.43. The van der Waals surface area contributed by atoms with Gasteiger partial charge in [-0.2, -0.15) is 0 Å². The molecule has 0 aliphatic heterocycles. The fourth-order valence-electron chi connectivity index (χ4n) is 2.27. The maximum Gasteiger partial charge on any atom is 0.338 e. The van der Waals surface area contributed by atoms with E-state index >= 15 is 0 Å². The van der Waals surface area contributed by atoms with Crippen molar-refractivity contribution in [1.82, 2.24) is 10.6 Å². The van der Waals surface area contributed by atoms with Gasteiger partial charge in [-0.3, -0.25) is 14.8 Å². The van der Waals surface area contributed by atoms with Crippen LogP contribution < -0.4 is 15.4 Å². The number of rotatable bonds is 6. The third-order valence-corrected chi connectivity index (χ3v) is 5.15. The summed E-state index contributed by atoms with van der Waals surface area (Å²) >= 11 is 0. The van der Waals surface area contributed by atoms with E-state index in [2.05, 4.69) is 10.0 Å². The molecular formula is C19H21N3O6S. The van der Waals surface area contributed by atoms with Gasteiger partial charge < -0.3 is 10.1 Å². The number of ether oxygens (including phenoxy) is 1. The highest BCUT2D eigenvalue weighted by atomic mass is 32.2. The van der Waals surface area contributed by atoms with Crippen LogP contribution in [-0.2, 0) is 19.6 Å². The van der Waals surface area contributed by atoms with Crippen LogP contribution in [0, 0.1) is 6.92 Å². The number of amides is 3. The van der Waals surface area contributed by atoms with Crippen molar-refractivity contribution in [1.29, 1.82) is 0 Å². The van der Waals surface area contributed by atoms with Crippen molar-refractivity contribution < 1.29 is 27.5 Å². The van der Waals surface area contributed by atoms with Gasteiger partial charge in [0.1, 0.15) is 0 Å². The molecule has 0 bridgehead atoms. The summed E-state index contributed by atoms with van der Waals surface area (Å²) in [6.45, 7) is 3.12. The second-order valence-electron chi connectivity index (χ2n) is 6.12. The smallest absolute Gasteiger partial charge is 0.338 e. The number of carbonyl (C=O) groups is 3. The van der Waals surface area contributed by atoms with Crippen molar-refractivity contribution in [2.24, 2.45) is 0 Å². The Kier molecular flexibility index (Phi) is 6.94. The Morgan fingerprint density at radius 1 is 1.03 bits per heavy atom.